The van der Waals surface area contributed by atoms with Crippen LogP contribution < -0.4 is 4.90 Å². The number of carboxylic acids is 1. The van der Waals surface area contributed by atoms with Crippen LogP contribution in [0, 0.1) is 0 Å². The fourth-order valence-corrected chi connectivity index (χ4v) is 4.64. The Morgan fingerprint density at radius 3 is 2.24 bits per heavy atom. The summed E-state index contributed by atoms with van der Waals surface area (Å²) >= 11 is 0. The average Bonchev–Trinajstić information content (AvgIpc) is 3.36. The molecule has 170 valence electrons. The highest BCUT2D eigenvalue weighted by atomic mass is 19.4. The summed E-state index contributed by atoms with van der Waals surface area (Å²) in [6, 6.07) is 13.5. The highest BCUT2D eigenvalue weighted by molar-refractivity contribution is 5.99. The molecule has 0 saturated heterocycles. The van der Waals surface area contributed by atoms with E-state index in [1.54, 1.807) is 0 Å². The number of aromatic carboxylic acids is 1. The Labute approximate surface area is 186 Å². The first-order valence-electron chi connectivity index (χ1n) is 10.3. The standard InChI is InChI=1S/C23H18F3N3O4/c24-23(25,26)19-9-10-28(20-17(21(30)31)11-27-29(19)20)22(32)33-12-18-15-7-3-1-5-13(15)14-6-2-4-8-16(14)18/h1-8,11,18-19H,9-10,12H2,(H,30,31). The van der Waals surface area contributed by atoms with Crippen molar-refractivity contribution >= 4 is 17.9 Å². The van der Waals surface area contributed by atoms with Crippen LogP contribution in [0.5, 0.6) is 0 Å². The number of ether oxygens (including phenoxy) is 1. The van der Waals surface area contributed by atoms with Crippen molar-refractivity contribution in [2.75, 3.05) is 18.1 Å². The normalized spacial score (nSPS) is 17.3. The number of benzene rings is 2. The molecule has 1 unspecified atom stereocenters. The fourth-order valence-electron chi connectivity index (χ4n) is 4.64. The molecule has 2 heterocycles. The first-order chi connectivity index (χ1) is 15.8. The zero-order valence-corrected chi connectivity index (χ0v) is 17.1. The van der Waals surface area contributed by atoms with Crippen molar-refractivity contribution in [2.45, 2.75) is 24.6 Å². The highest BCUT2D eigenvalue weighted by Crippen LogP contribution is 2.45. The lowest BCUT2D eigenvalue weighted by molar-refractivity contribution is -0.172. The molecule has 2 aromatic carbocycles. The van der Waals surface area contributed by atoms with E-state index >= 15 is 0 Å². The monoisotopic (exact) mass is 457 g/mol. The van der Waals surface area contributed by atoms with Gasteiger partial charge in [0.25, 0.3) is 0 Å². The second-order valence-electron chi connectivity index (χ2n) is 7.93. The van der Waals surface area contributed by atoms with E-state index < -0.39 is 42.1 Å². The van der Waals surface area contributed by atoms with Crippen LogP contribution in [-0.4, -0.2) is 46.3 Å². The number of hydrogen-bond donors (Lipinski definition) is 1. The van der Waals surface area contributed by atoms with Gasteiger partial charge < -0.3 is 9.84 Å². The summed E-state index contributed by atoms with van der Waals surface area (Å²) < 4.78 is 46.4. The van der Waals surface area contributed by atoms with Gasteiger partial charge in [0.1, 0.15) is 12.2 Å². The highest BCUT2D eigenvalue weighted by Gasteiger charge is 2.47. The Bertz CT molecular complexity index is 1210. The van der Waals surface area contributed by atoms with E-state index in [1.807, 2.05) is 48.5 Å². The minimum atomic E-state index is -4.64. The van der Waals surface area contributed by atoms with Gasteiger partial charge in [-0.3, -0.25) is 4.90 Å². The second-order valence-corrected chi connectivity index (χ2v) is 7.93. The smallest absolute Gasteiger partial charge is 0.415 e. The van der Waals surface area contributed by atoms with Crippen LogP contribution in [0.15, 0.2) is 54.7 Å². The Morgan fingerprint density at radius 1 is 1.06 bits per heavy atom. The van der Waals surface area contributed by atoms with E-state index in [0.29, 0.717) is 4.68 Å². The molecule has 0 bridgehead atoms. The number of amides is 1. The van der Waals surface area contributed by atoms with Crippen LogP contribution in [0.3, 0.4) is 0 Å². The third kappa shape index (κ3) is 3.42. The molecule has 0 radical (unpaired) electrons. The molecule has 5 rings (SSSR count). The molecule has 2 aliphatic rings. The topological polar surface area (TPSA) is 84.7 Å². The Hall–Kier alpha value is -3.82. The number of alkyl halides is 3. The van der Waals surface area contributed by atoms with Gasteiger partial charge in [-0.2, -0.15) is 18.3 Å². The Kier molecular flexibility index (Phi) is 4.88. The molecule has 1 aliphatic carbocycles. The van der Waals surface area contributed by atoms with Gasteiger partial charge in [-0.05, 0) is 28.7 Å². The van der Waals surface area contributed by atoms with Gasteiger partial charge in [0, 0.05) is 12.5 Å². The third-order valence-electron chi connectivity index (χ3n) is 6.11. The predicted molar refractivity (Wildman–Crippen MR) is 111 cm³/mol. The third-order valence-corrected chi connectivity index (χ3v) is 6.11. The molecule has 1 N–H and O–H groups in total. The van der Waals surface area contributed by atoms with Gasteiger partial charge in [-0.25, -0.2) is 14.3 Å². The molecule has 0 spiro atoms. The first-order valence-corrected chi connectivity index (χ1v) is 10.3. The summed E-state index contributed by atoms with van der Waals surface area (Å²) in [4.78, 5) is 25.5. The van der Waals surface area contributed by atoms with Gasteiger partial charge in [0.2, 0.25) is 0 Å². The summed E-state index contributed by atoms with van der Waals surface area (Å²) in [6.45, 7) is -0.380. The molecular weight excluding hydrogens is 439 g/mol. The van der Waals surface area contributed by atoms with Crippen molar-refractivity contribution in [3.05, 3.63) is 71.4 Å². The maximum Gasteiger partial charge on any atom is 0.415 e. The first kappa shape index (κ1) is 21.0. The average molecular weight is 457 g/mol. The molecule has 1 amide bonds. The molecule has 1 aromatic heterocycles. The molecular formula is C23H18F3N3O4. The number of carbonyl (C=O) groups excluding carboxylic acids is 1. The number of carboxylic acid groups (broad SMARTS) is 1. The predicted octanol–water partition coefficient (Wildman–Crippen LogP) is 4.84. The summed E-state index contributed by atoms with van der Waals surface area (Å²) in [5.74, 6) is -2.14. The van der Waals surface area contributed by atoms with Crippen LogP contribution in [-0.2, 0) is 4.74 Å². The lowest BCUT2D eigenvalue weighted by Gasteiger charge is -2.33. The van der Waals surface area contributed by atoms with E-state index in [-0.39, 0.29) is 19.1 Å². The van der Waals surface area contributed by atoms with Crippen LogP contribution in [0.2, 0.25) is 0 Å². The van der Waals surface area contributed by atoms with Crippen LogP contribution in [0.4, 0.5) is 23.8 Å². The van der Waals surface area contributed by atoms with Crippen molar-refractivity contribution in [3.8, 4) is 11.1 Å². The molecule has 0 fully saturated rings. The molecule has 7 nitrogen and oxygen atoms in total. The minimum Gasteiger partial charge on any atom is -0.477 e. The number of nitrogens with zero attached hydrogens (tertiary/aromatic N) is 3. The van der Waals surface area contributed by atoms with E-state index in [9.17, 15) is 27.9 Å². The zero-order chi connectivity index (χ0) is 23.3. The summed E-state index contributed by atoms with van der Waals surface area (Å²) in [5.41, 5.74) is 3.55. The quantitative estimate of drug-likeness (QED) is 0.608. The maximum atomic E-state index is 13.4. The van der Waals surface area contributed by atoms with Gasteiger partial charge in [-0.15, -0.1) is 0 Å². The van der Waals surface area contributed by atoms with Gasteiger partial charge >= 0.3 is 18.2 Å². The number of halogens is 3. The number of rotatable bonds is 3. The van der Waals surface area contributed by atoms with Crippen LogP contribution >= 0.6 is 0 Å². The molecule has 10 heteroatoms. The molecule has 1 atom stereocenters. The van der Waals surface area contributed by atoms with E-state index in [1.165, 1.54) is 0 Å². The summed E-state index contributed by atoms with van der Waals surface area (Å²) in [6.07, 6.45) is -5.18. The maximum absolute atomic E-state index is 13.4. The van der Waals surface area contributed by atoms with Crippen LogP contribution in [0.1, 0.15) is 39.9 Å². The van der Waals surface area contributed by atoms with Crippen molar-refractivity contribution in [1.82, 2.24) is 9.78 Å². The van der Waals surface area contributed by atoms with Crippen molar-refractivity contribution < 1.29 is 32.6 Å². The minimum absolute atomic E-state index is 0.0391. The lowest BCUT2D eigenvalue weighted by atomic mass is 9.98. The number of aromatic nitrogens is 2. The van der Waals surface area contributed by atoms with Crippen molar-refractivity contribution in [3.63, 3.8) is 0 Å². The van der Waals surface area contributed by atoms with Gasteiger partial charge in [0.15, 0.2) is 11.9 Å². The van der Waals surface area contributed by atoms with Crippen LogP contribution in [0.25, 0.3) is 11.1 Å². The molecule has 1 aliphatic heterocycles. The number of hydrogen-bond acceptors (Lipinski definition) is 4. The van der Waals surface area contributed by atoms with E-state index in [0.717, 1.165) is 33.4 Å². The lowest BCUT2D eigenvalue weighted by Crippen LogP contribution is -2.44. The van der Waals surface area contributed by atoms with Crippen molar-refractivity contribution in [1.29, 1.82) is 0 Å². The second kappa shape index (κ2) is 7.65. The summed E-state index contributed by atoms with van der Waals surface area (Å²) in [5, 5.41) is 13.0. The Morgan fingerprint density at radius 2 is 1.67 bits per heavy atom. The van der Waals surface area contributed by atoms with E-state index in [4.69, 9.17) is 4.74 Å². The molecule has 3 aromatic rings. The Balaban J connectivity index is 1.42. The van der Waals surface area contributed by atoms with Crippen molar-refractivity contribution in [2.24, 2.45) is 0 Å². The SMILES string of the molecule is O=C(O)c1cnn2c1N(C(=O)OCC1c3ccccc3-c3ccccc31)CCC2C(F)(F)F. The zero-order valence-electron chi connectivity index (χ0n) is 17.1. The van der Waals surface area contributed by atoms with Gasteiger partial charge in [0.05, 0.1) is 6.20 Å². The fraction of sp³-hybridized carbons (Fsp3) is 0.261. The summed E-state index contributed by atoms with van der Waals surface area (Å²) in [7, 11) is 0. The number of carbonyl (C=O) groups is 2. The largest absolute Gasteiger partial charge is 0.477 e. The van der Waals surface area contributed by atoms with Gasteiger partial charge in [-0.1, -0.05) is 48.5 Å². The number of fused-ring (bicyclic) bond motifs is 4. The number of anilines is 1. The molecule has 33 heavy (non-hydrogen) atoms. The van der Waals surface area contributed by atoms with E-state index in [2.05, 4.69) is 5.10 Å². The molecule has 0 saturated carbocycles.